The van der Waals surface area contributed by atoms with E-state index in [0.29, 0.717) is 21.9 Å². The van der Waals surface area contributed by atoms with Gasteiger partial charge < -0.3 is 10.1 Å². The molecule has 0 radical (unpaired) electrons. The molecular weight excluding hydrogens is 450 g/mol. The molecule has 29 heavy (non-hydrogen) atoms. The summed E-state index contributed by atoms with van der Waals surface area (Å²) >= 11 is 4.90. The summed E-state index contributed by atoms with van der Waals surface area (Å²) in [6.07, 6.45) is 5.52. The zero-order chi connectivity index (χ0) is 21.0. The van der Waals surface area contributed by atoms with Gasteiger partial charge >= 0.3 is 0 Å². The van der Waals surface area contributed by atoms with Gasteiger partial charge in [-0.05, 0) is 84.8 Å². The first-order chi connectivity index (χ1) is 13.9. The van der Waals surface area contributed by atoms with E-state index < -0.39 is 5.91 Å². The van der Waals surface area contributed by atoms with Crippen LogP contribution in [0.2, 0.25) is 0 Å². The Labute approximate surface area is 182 Å². The Hall–Kier alpha value is -2.61. The molecular formula is C22H20BrN3O2S. The first-order valence-electron chi connectivity index (χ1n) is 9.37. The van der Waals surface area contributed by atoms with Gasteiger partial charge in [0.25, 0.3) is 5.91 Å². The lowest BCUT2D eigenvalue weighted by Gasteiger charge is -2.11. The average molecular weight is 470 g/mol. The van der Waals surface area contributed by atoms with Gasteiger partial charge in [-0.15, -0.1) is 11.3 Å². The van der Waals surface area contributed by atoms with Crippen molar-refractivity contribution in [2.45, 2.75) is 45.6 Å². The molecule has 1 aromatic carbocycles. The first-order valence-corrected chi connectivity index (χ1v) is 11.0. The molecule has 0 atom stereocenters. The summed E-state index contributed by atoms with van der Waals surface area (Å²) in [4.78, 5) is 13.8. The molecule has 3 rings (SSSR count). The number of nitrogens with one attached hydrogen (secondary N) is 1. The maximum absolute atomic E-state index is 12.7. The number of nitriles is 2. The van der Waals surface area contributed by atoms with Crippen molar-refractivity contribution in [3.05, 3.63) is 49.8 Å². The SMILES string of the molecule is CC(C)Oc1ccc(C=C(C#N)C(=O)Nc2sc3c(c2C#N)CCCC3)cc1Br. The van der Waals surface area contributed by atoms with Gasteiger partial charge in [0.2, 0.25) is 0 Å². The van der Waals surface area contributed by atoms with Crippen LogP contribution in [0.4, 0.5) is 5.00 Å². The zero-order valence-electron chi connectivity index (χ0n) is 16.2. The van der Waals surface area contributed by atoms with E-state index in [1.54, 1.807) is 18.2 Å². The summed E-state index contributed by atoms with van der Waals surface area (Å²) in [5.74, 6) is 0.184. The van der Waals surface area contributed by atoms with Crippen molar-refractivity contribution in [1.82, 2.24) is 0 Å². The van der Waals surface area contributed by atoms with E-state index in [2.05, 4.69) is 27.3 Å². The average Bonchev–Trinajstić information content (AvgIpc) is 3.04. The van der Waals surface area contributed by atoms with E-state index in [0.717, 1.165) is 40.6 Å². The zero-order valence-corrected chi connectivity index (χ0v) is 18.6. The third-order valence-electron chi connectivity index (χ3n) is 4.50. The second kappa shape index (κ2) is 9.26. The molecule has 7 heteroatoms. The van der Waals surface area contributed by atoms with Gasteiger partial charge in [-0.2, -0.15) is 10.5 Å². The summed E-state index contributed by atoms with van der Waals surface area (Å²) in [5, 5.41) is 22.3. The Balaban J connectivity index is 1.83. The molecule has 5 nitrogen and oxygen atoms in total. The lowest BCUT2D eigenvalue weighted by molar-refractivity contribution is -0.112. The smallest absolute Gasteiger partial charge is 0.266 e. The highest BCUT2D eigenvalue weighted by Crippen LogP contribution is 2.37. The quantitative estimate of drug-likeness (QED) is 0.456. The van der Waals surface area contributed by atoms with E-state index in [-0.39, 0.29) is 11.7 Å². The van der Waals surface area contributed by atoms with Crippen LogP contribution < -0.4 is 10.1 Å². The van der Waals surface area contributed by atoms with Crippen molar-refractivity contribution < 1.29 is 9.53 Å². The summed E-state index contributed by atoms with van der Waals surface area (Å²) < 4.78 is 6.43. The highest BCUT2D eigenvalue weighted by molar-refractivity contribution is 9.10. The van der Waals surface area contributed by atoms with Crippen LogP contribution in [-0.4, -0.2) is 12.0 Å². The number of benzene rings is 1. The van der Waals surface area contributed by atoms with Crippen LogP contribution in [-0.2, 0) is 17.6 Å². The van der Waals surface area contributed by atoms with Crippen molar-refractivity contribution in [2.75, 3.05) is 5.32 Å². The molecule has 1 heterocycles. The number of aryl methyl sites for hydroxylation is 1. The van der Waals surface area contributed by atoms with E-state index in [4.69, 9.17) is 4.74 Å². The summed E-state index contributed by atoms with van der Waals surface area (Å²) in [5.41, 5.74) is 2.26. The minimum atomic E-state index is -0.513. The Morgan fingerprint density at radius 1 is 1.31 bits per heavy atom. The minimum absolute atomic E-state index is 0.0234. The molecule has 1 aliphatic rings. The lowest BCUT2D eigenvalue weighted by atomic mass is 9.96. The number of halogens is 1. The first kappa shape index (κ1) is 21.1. The lowest BCUT2D eigenvalue weighted by Crippen LogP contribution is -2.13. The van der Waals surface area contributed by atoms with E-state index >= 15 is 0 Å². The molecule has 0 spiro atoms. The fourth-order valence-corrected chi connectivity index (χ4v) is 4.94. The monoisotopic (exact) mass is 469 g/mol. The maximum atomic E-state index is 12.7. The molecule has 0 fully saturated rings. The topological polar surface area (TPSA) is 85.9 Å². The molecule has 1 amide bonds. The summed E-state index contributed by atoms with van der Waals surface area (Å²) in [6, 6.07) is 9.56. The number of amides is 1. The molecule has 1 aliphatic carbocycles. The number of hydrogen-bond acceptors (Lipinski definition) is 5. The third-order valence-corrected chi connectivity index (χ3v) is 6.33. The molecule has 0 aliphatic heterocycles. The number of carbonyl (C=O) groups is 1. The normalized spacial score (nSPS) is 13.4. The number of hydrogen-bond donors (Lipinski definition) is 1. The highest BCUT2D eigenvalue weighted by Gasteiger charge is 2.22. The number of nitrogens with zero attached hydrogens (tertiary/aromatic N) is 2. The van der Waals surface area contributed by atoms with Crippen LogP contribution in [0.3, 0.4) is 0 Å². The number of carbonyl (C=O) groups excluding carboxylic acids is 1. The van der Waals surface area contributed by atoms with Gasteiger partial charge in [0.05, 0.1) is 16.1 Å². The van der Waals surface area contributed by atoms with E-state index in [9.17, 15) is 15.3 Å². The number of fused-ring (bicyclic) bond motifs is 1. The number of rotatable bonds is 5. The van der Waals surface area contributed by atoms with Crippen molar-refractivity contribution in [3.63, 3.8) is 0 Å². The fraction of sp³-hybridized carbons (Fsp3) is 0.318. The minimum Gasteiger partial charge on any atom is -0.490 e. The molecule has 0 unspecified atom stereocenters. The fourth-order valence-electron chi connectivity index (χ4n) is 3.21. The van der Waals surface area contributed by atoms with Crippen molar-refractivity contribution >= 4 is 44.3 Å². The molecule has 2 aromatic rings. The molecule has 0 bridgehead atoms. The van der Waals surface area contributed by atoms with Gasteiger partial charge in [-0.3, -0.25) is 4.79 Å². The molecule has 1 N–H and O–H groups in total. The standard InChI is InChI=1S/C22H20BrN3O2S/c1-13(2)28-19-8-7-14(10-18(19)23)9-15(11-24)21(27)26-22-17(12-25)16-5-3-4-6-20(16)29-22/h7-10,13H,3-6H2,1-2H3,(H,26,27). The third kappa shape index (κ3) is 4.87. The number of thiophene rings is 1. The van der Waals surface area contributed by atoms with Crippen LogP contribution in [0.15, 0.2) is 28.2 Å². The number of anilines is 1. The van der Waals surface area contributed by atoms with E-state index in [1.807, 2.05) is 19.9 Å². The Morgan fingerprint density at radius 2 is 2.07 bits per heavy atom. The van der Waals surface area contributed by atoms with Gasteiger partial charge in [-0.25, -0.2) is 0 Å². The second-order valence-corrected chi connectivity index (χ2v) is 8.97. The molecule has 148 valence electrons. The van der Waals surface area contributed by atoms with Crippen LogP contribution in [0.25, 0.3) is 6.08 Å². The van der Waals surface area contributed by atoms with Gasteiger partial charge in [0.1, 0.15) is 28.5 Å². The Morgan fingerprint density at radius 3 is 2.72 bits per heavy atom. The van der Waals surface area contributed by atoms with Crippen molar-refractivity contribution in [1.29, 1.82) is 10.5 Å². The van der Waals surface area contributed by atoms with E-state index in [1.165, 1.54) is 17.4 Å². The van der Waals surface area contributed by atoms with Crippen LogP contribution >= 0.6 is 27.3 Å². The maximum Gasteiger partial charge on any atom is 0.266 e. The van der Waals surface area contributed by atoms with Gasteiger partial charge in [0.15, 0.2) is 0 Å². The van der Waals surface area contributed by atoms with Crippen LogP contribution in [0.5, 0.6) is 5.75 Å². The molecule has 1 aromatic heterocycles. The Kier molecular flexibility index (Phi) is 6.74. The molecule has 0 saturated carbocycles. The van der Waals surface area contributed by atoms with Crippen molar-refractivity contribution in [2.24, 2.45) is 0 Å². The van der Waals surface area contributed by atoms with Gasteiger partial charge in [0, 0.05) is 4.88 Å². The van der Waals surface area contributed by atoms with Crippen molar-refractivity contribution in [3.8, 4) is 17.9 Å². The van der Waals surface area contributed by atoms with Gasteiger partial charge in [-0.1, -0.05) is 6.07 Å². The Bertz CT molecular complexity index is 1060. The summed E-state index contributed by atoms with van der Waals surface area (Å²) in [7, 11) is 0. The van der Waals surface area contributed by atoms with Crippen LogP contribution in [0.1, 0.15) is 48.3 Å². The predicted molar refractivity (Wildman–Crippen MR) is 118 cm³/mol. The predicted octanol–water partition coefficient (Wildman–Crippen LogP) is 5.59. The summed E-state index contributed by atoms with van der Waals surface area (Å²) in [6.45, 7) is 3.88. The highest BCUT2D eigenvalue weighted by atomic mass is 79.9. The largest absolute Gasteiger partial charge is 0.490 e. The molecule has 0 saturated heterocycles. The second-order valence-electron chi connectivity index (χ2n) is 7.01. The number of ether oxygens (including phenoxy) is 1. The van der Waals surface area contributed by atoms with Crippen LogP contribution in [0, 0.1) is 22.7 Å².